The van der Waals surface area contributed by atoms with Gasteiger partial charge in [0.25, 0.3) is 0 Å². The van der Waals surface area contributed by atoms with Crippen LogP contribution in [0.5, 0.6) is 0 Å². The van der Waals surface area contributed by atoms with Crippen molar-refractivity contribution in [1.82, 2.24) is 4.57 Å². The minimum atomic E-state index is -0.957. The summed E-state index contributed by atoms with van der Waals surface area (Å²) in [5.41, 5.74) is 0.240. The lowest BCUT2D eigenvalue weighted by Crippen LogP contribution is -2.10. The van der Waals surface area contributed by atoms with E-state index in [1.807, 2.05) is 0 Å². The van der Waals surface area contributed by atoms with Gasteiger partial charge in [-0.25, -0.2) is 4.79 Å². The average Bonchev–Trinajstić information content (AvgIpc) is 2.66. The van der Waals surface area contributed by atoms with Crippen molar-refractivity contribution in [3.8, 4) is 0 Å². The van der Waals surface area contributed by atoms with Crippen molar-refractivity contribution in [3.05, 3.63) is 24.0 Å². The molecule has 0 radical (unpaired) electrons. The molecule has 5 heteroatoms. The van der Waals surface area contributed by atoms with E-state index in [-0.39, 0.29) is 11.7 Å². The Hall–Kier alpha value is -1.78. The fourth-order valence-electron chi connectivity index (χ4n) is 1.43. The fourth-order valence-corrected chi connectivity index (χ4v) is 1.43. The molecule has 1 N–H and O–H groups in total. The van der Waals surface area contributed by atoms with Crippen molar-refractivity contribution in [2.45, 2.75) is 26.3 Å². The van der Waals surface area contributed by atoms with Gasteiger partial charge in [0, 0.05) is 19.2 Å². The van der Waals surface area contributed by atoms with Crippen LogP contribution in [0.15, 0.2) is 18.3 Å². The summed E-state index contributed by atoms with van der Waals surface area (Å²) < 4.78 is 6.39. The number of aromatic carboxylic acids is 1. The molecule has 1 rings (SSSR count). The number of carboxylic acid groups (broad SMARTS) is 1. The van der Waals surface area contributed by atoms with E-state index in [1.165, 1.54) is 6.07 Å². The Kier molecular flexibility index (Phi) is 4.57. The van der Waals surface area contributed by atoms with E-state index in [9.17, 15) is 9.59 Å². The Morgan fingerprint density at radius 2 is 2.25 bits per heavy atom. The number of nitrogens with zero attached hydrogens (tertiary/aromatic N) is 1. The van der Waals surface area contributed by atoms with E-state index in [0.717, 1.165) is 0 Å². The third-order valence-corrected chi connectivity index (χ3v) is 2.13. The summed E-state index contributed by atoms with van der Waals surface area (Å²) in [5, 5.41) is 8.83. The van der Waals surface area contributed by atoms with Gasteiger partial charge in [-0.05, 0) is 25.5 Å². The first-order valence-electron chi connectivity index (χ1n) is 5.19. The minimum Gasteiger partial charge on any atom is -0.477 e. The van der Waals surface area contributed by atoms with E-state index >= 15 is 0 Å². The number of carboxylic acids is 1. The van der Waals surface area contributed by atoms with Crippen molar-refractivity contribution in [2.75, 3.05) is 6.61 Å². The monoisotopic (exact) mass is 225 g/mol. The Bertz CT molecular complexity index is 370. The second kappa shape index (κ2) is 5.95. The number of carbonyl (C=O) groups is 2. The predicted octanol–water partition coefficient (Wildman–Crippen LogP) is 1.53. The summed E-state index contributed by atoms with van der Waals surface area (Å²) in [6.45, 7) is 2.64. The van der Waals surface area contributed by atoms with E-state index in [2.05, 4.69) is 0 Å². The minimum absolute atomic E-state index is 0.240. The highest BCUT2D eigenvalue weighted by molar-refractivity contribution is 5.85. The number of hydrogen-bond acceptors (Lipinski definition) is 3. The molecule has 0 saturated heterocycles. The molecule has 0 saturated carbocycles. The summed E-state index contributed by atoms with van der Waals surface area (Å²) in [7, 11) is 0. The average molecular weight is 225 g/mol. The molecule has 1 aromatic rings. The molecular formula is C11H15NO4. The zero-order valence-corrected chi connectivity index (χ0v) is 9.18. The molecule has 0 fully saturated rings. The van der Waals surface area contributed by atoms with Gasteiger partial charge in [-0.1, -0.05) is 0 Å². The molecule has 1 aromatic heterocycles. The van der Waals surface area contributed by atoms with E-state index < -0.39 is 5.97 Å². The second-order valence-electron chi connectivity index (χ2n) is 3.30. The molecule has 1 heterocycles. The largest absolute Gasteiger partial charge is 0.477 e. The molecule has 5 nitrogen and oxygen atoms in total. The lowest BCUT2D eigenvalue weighted by atomic mass is 10.3. The fraction of sp³-hybridized carbons (Fsp3) is 0.455. The van der Waals surface area contributed by atoms with Gasteiger partial charge in [0.15, 0.2) is 0 Å². The van der Waals surface area contributed by atoms with Gasteiger partial charge < -0.3 is 14.4 Å². The maximum Gasteiger partial charge on any atom is 0.352 e. The van der Waals surface area contributed by atoms with Crippen molar-refractivity contribution in [1.29, 1.82) is 0 Å². The summed E-state index contributed by atoms with van der Waals surface area (Å²) in [5.74, 6) is -1.20. The summed E-state index contributed by atoms with van der Waals surface area (Å²) >= 11 is 0. The highest BCUT2D eigenvalue weighted by Gasteiger charge is 2.08. The van der Waals surface area contributed by atoms with E-state index in [4.69, 9.17) is 9.84 Å². The highest BCUT2D eigenvalue weighted by atomic mass is 16.5. The van der Waals surface area contributed by atoms with Gasteiger partial charge in [0.1, 0.15) is 5.69 Å². The molecule has 0 aliphatic heterocycles. The first-order valence-corrected chi connectivity index (χ1v) is 5.19. The number of aromatic nitrogens is 1. The number of hydrogen-bond donors (Lipinski definition) is 1. The Labute approximate surface area is 93.6 Å². The summed E-state index contributed by atoms with van der Waals surface area (Å²) in [6, 6.07) is 3.21. The van der Waals surface area contributed by atoms with Crippen molar-refractivity contribution < 1.29 is 19.4 Å². The molecule has 0 aromatic carbocycles. The maximum atomic E-state index is 11.0. The zero-order valence-electron chi connectivity index (χ0n) is 9.18. The molecule has 0 spiro atoms. The quantitative estimate of drug-likeness (QED) is 0.745. The van der Waals surface area contributed by atoms with Crippen LogP contribution in [0.25, 0.3) is 0 Å². The molecular weight excluding hydrogens is 210 g/mol. The molecule has 0 aliphatic carbocycles. The number of carbonyl (C=O) groups excluding carboxylic acids is 1. The Morgan fingerprint density at radius 3 is 2.88 bits per heavy atom. The Balaban J connectivity index is 2.40. The molecule has 0 amide bonds. The molecule has 0 unspecified atom stereocenters. The highest BCUT2D eigenvalue weighted by Crippen LogP contribution is 2.05. The van der Waals surface area contributed by atoms with Gasteiger partial charge in [-0.15, -0.1) is 0 Å². The predicted molar refractivity (Wildman–Crippen MR) is 57.3 cm³/mol. The number of esters is 1. The molecule has 16 heavy (non-hydrogen) atoms. The molecule has 0 atom stereocenters. The standard InChI is InChI=1S/C11H15NO4/c1-2-16-10(13)6-4-8-12-7-3-5-9(12)11(14)15/h3,5,7H,2,4,6,8H2,1H3,(H,14,15). The molecule has 0 aliphatic rings. The van der Waals surface area contributed by atoms with Gasteiger partial charge in [-0.3, -0.25) is 4.79 Å². The van der Waals surface area contributed by atoms with Gasteiger partial charge in [-0.2, -0.15) is 0 Å². The second-order valence-corrected chi connectivity index (χ2v) is 3.30. The van der Waals surface area contributed by atoms with Crippen LogP contribution >= 0.6 is 0 Å². The third kappa shape index (κ3) is 3.42. The zero-order chi connectivity index (χ0) is 12.0. The Morgan fingerprint density at radius 1 is 1.50 bits per heavy atom. The van der Waals surface area contributed by atoms with Crippen LogP contribution in [0, 0.1) is 0 Å². The normalized spacial score (nSPS) is 10.1. The topological polar surface area (TPSA) is 68.5 Å². The van der Waals surface area contributed by atoms with Crippen LogP contribution in [0.2, 0.25) is 0 Å². The van der Waals surface area contributed by atoms with Crippen LogP contribution in [0.1, 0.15) is 30.3 Å². The van der Waals surface area contributed by atoms with Crippen LogP contribution in [-0.2, 0) is 16.1 Å². The first kappa shape index (κ1) is 12.3. The number of aryl methyl sites for hydroxylation is 1. The smallest absolute Gasteiger partial charge is 0.352 e. The maximum absolute atomic E-state index is 11.0. The van der Waals surface area contributed by atoms with Crippen LogP contribution in [0.3, 0.4) is 0 Å². The SMILES string of the molecule is CCOC(=O)CCCn1cccc1C(=O)O. The lowest BCUT2D eigenvalue weighted by molar-refractivity contribution is -0.143. The lowest BCUT2D eigenvalue weighted by Gasteiger charge is -2.05. The van der Waals surface area contributed by atoms with E-state index in [1.54, 1.807) is 23.8 Å². The van der Waals surface area contributed by atoms with Crippen molar-refractivity contribution in [3.63, 3.8) is 0 Å². The number of ether oxygens (including phenoxy) is 1. The summed E-state index contributed by atoms with van der Waals surface area (Å²) in [4.78, 5) is 21.8. The van der Waals surface area contributed by atoms with Crippen LogP contribution in [-0.4, -0.2) is 28.2 Å². The van der Waals surface area contributed by atoms with Crippen LogP contribution in [0.4, 0.5) is 0 Å². The van der Waals surface area contributed by atoms with Crippen molar-refractivity contribution in [2.24, 2.45) is 0 Å². The van der Waals surface area contributed by atoms with Gasteiger partial charge >= 0.3 is 11.9 Å². The van der Waals surface area contributed by atoms with E-state index in [0.29, 0.717) is 26.0 Å². The van der Waals surface area contributed by atoms with Gasteiger partial charge in [0.2, 0.25) is 0 Å². The van der Waals surface area contributed by atoms with Crippen molar-refractivity contribution >= 4 is 11.9 Å². The third-order valence-electron chi connectivity index (χ3n) is 2.13. The van der Waals surface area contributed by atoms with Crippen LogP contribution < -0.4 is 0 Å². The molecule has 0 bridgehead atoms. The molecule has 88 valence electrons. The number of rotatable bonds is 6. The van der Waals surface area contributed by atoms with Gasteiger partial charge in [0.05, 0.1) is 6.61 Å². The summed E-state index contributed by atoms with van der Waals surface area (Å²) in [6.07, 6.45) is 2.58. The first-order chi connectivity index (χ1) is 7.65.